The van der Waals surface area contributed by atoms with Crippen molar-refractivity contribution >= 4 is 16.6 Å². The highest BCUT2D eigenvalue weighted by Gasteiger charge is 2.27. The number of nitrogens with one attached hydrogen (secondary N) is 1. The van der Waals surface area contributed by atoms with Crippen LogP contribution in [0, 0.1) is 6.92 Å². The maximum atomic E-state index is 14.3. The van der Waals surface area contributed by atoms with E-state index < -0.39 is 5.92 Å². The van der Waals surface area contributed by atoms with Crippen molar-refractivity contribution in [2.75, 3.05) is 0 Å². The van der Waals surface area contributed by atoms with Crippen molar-refractivity contribution < 1.29 is 8.78 Å². The summed E-state index contributed by atoms with van der Waals surface area (Å²) in [5, 5.41) is 8.53. The zero-order valence-corrected chi connectivity index (χ0v) is 19.9. The SMILES string of the molecule is C=C(C)/C(=C\C)NCc1cc(C(C)(F)F)cn2c(=O)c(C)c(-c3cccc4nn(C)cc34)nc12. The van der Waals surface area contributed by atoms with Gasteiger partial charge in [-0.1, -0.05) is 24.8 Å². The van der Waals surface area contributed by atoms with Gasteiger partial charge in [-0.2, -0.15) is 5.10 Å². The lowest BCUT2D eigenvalue weighted by Crippen LogP contribution is -2.24. The van der Waals surface area contributed by atoms with E-state index in [1.165, 1.54) is 16.7 Å². The summed E-state index contributed by atoms with van der Waals surface area (Å²) in [6, 6.07) is 7.05. The van der Waals surface area contributed by atoms with E-state index in [0.717, 1.165) is 34.7 Å². The Morgan fingerprint density at radius 1 is 1.29 bits per heavy atom. The van der Waals surface area contributed by atoms with Crippen molar-refractivity contribution in [2.45, 2.75) is 40.2 Å². The Bertz CT molecular complexity index is 1520. The molecule has 1 N–H and O–H groups in total. The first kappa shape index (κ1) is 23.4. The van der Waals surface area contributed by atoms with Crippen molar-refractivity contribution in [3.63, 3.8) is 0 Å². The molecule has 0 saturated carbocycles. The molecule has 0 spiro atoms. The number of rotatable bonds is 6. The van der Waals surface area contributed by atoms with E-state index in [0.29, 0.717) is 22.5 Å². The topological polar surface area (TPSA) is 64.2 Å². The average Bonchev–Trinajstić information content (AvgIpc) is 3.16. The van der Waals surface area contributed by atoms with Crippen LogP contribution in [-0.4, -0.2) is 19.2 Å². The van der Waals surface area contributed by atoms with Crippen LogP contribution in [0.3, 0.4) is 0 Å². The normalized spacial score (nSPS) is 12.5. The van der Waals surface area contributed by atoms with Crippen molar-refractivity contribution in [2.24, 2.45) is 7.05 Å². The number of pyridine rings is 1. The van der Waals surface area contributed by atoms with E-state index >= 15 is 0 Å². The highest BCUT2D eigenvalue weighted by molar-refractivity contribution is 5.94. The van der Waals surface area contributed by atoms with Gasteiger partial charge in [-0.15, -0.1) is 0 Å². The van der Waals surface area contributed by atoms with Crippen molar-refractivity contribution in [1.29, 1.82) is 0 Å². The molecule has 6 nitrogen and oxygen atoms in total. The van der Waals surface area contributed by atoms with Crippen LogP contribution < -0.4 is 10.9 Å². The van der Waals surface area contributed by atoms with Gasteiger partial charge in [-0.25, -0.2) is 13.8 Å². The molecule has 0 aliphatic heterocycles. The average molecular weight is 464 g/mol. The van der Waals surface area contributed by atoms with Gasteiger partial charge in [0.05, 0.1) is 11.2 Å². The smallest absolute Gasteiger partial charge is 0.271 e. The number of fused-ring (bicyclic) bond motifs is 2. The quantitative estimate of drug-likeness (QED) is 0.397. The highest BCUT2D eigenvalue weighted by Crippen LogP contribution is 2.31. The molecule has 3 aromatic heterocycles. The molecular weight excluding hydrogens is 436 g/mol. The minimum Gasteiger partial charge on any atom is -0.381 e. The third-order valence-electron chi connectivity index (χ3n) is 5.87. The van der Waals surface area contributed by atoms with Gasteiger partial charge >= 0.3 is 0 Å². The number of alkyl halides is 2. The first-order valence-corrected chi connectivity index (χ1v) is 10.9. The lowest BCUT2D eigenvalue weighted by atomic mass is 10.0. The number of allylic oxidation sites excluding steroid dienone is 2. The molecule has 4 rings (SSSR count). The fourth-order valence-electron chi connectivity index (χ4n) is 4.09. The van der Waals surface area contributed by atoms with Crippen LogP contribution in [0.2, 0.25) is 0 Å². The fraction of sp³-hybridized carbons (Fsp3) is 0.269. The van der Waals surface area contributed by atoms with E-state index in [1.807, 2.05) is 51.4 Å². The zero-order valence-electron chi connectivity index (χ0n) is 19.9. The van der Waals surface area contributed by atoms with E-state index in [-0.39, 0.29) is 17.7 Å². The minimum atomic E-state index is -3.12. The first-order chi connectivity index (χ1) is 16.0. The maximum absolute atomic E-state index is 14.3. The van der Waals surface area contributed by atoms with E-state index in [9.17, 15) is 13.6 Å². The lowest BCUT2D eigenvalue weighted by Gasteiger charge is -2.18. The second-order valence-corrected chi connectivity index (χ2v) is 8.60. The number of halogens is 2. The largest absolute Gasteiger partial charge is 0.381 e. The van der Waals surface area contributed by atoms with Crippen LogP contribution >= 0.6 is 0 Å². The Balaban J connectivity index is 2.00. The van der Waals surface area contributed by atoms with Gasteiger partial charge < -0.3 is 5.32 Å². The third kappa shape index (κ3) is 4.11. The van der Waals surface area contributed by atoms with Crippen LogP contribution in [0.1, 0.15) is 37.5 Å². The number of benzene rings is 1. The molecule has 0 aliphatic rings. The third-order valence-corrected chi connectivity index (χ3v) is 5.87. The summed E-state index contributed by atoms with van der Waals surface area (Å²) in [7, 11) is 1.83. The summed E-state index contributed by atoms with van der Waals surface area (Å²) in [5.74, 6) is -3.12. The Morgan fingerprint density at radius 2 is 2.03 bits per heavy atom. The van der Waals surface area contributed by atoms with Crippen LogP contribution in [-0.2, 0) is 19.5 Å². The summed E-state index contributed by atoms with van der Waals surface area (Å²) in [5.41, 5.74) is 4.20. The number of aryl methyl sites for hydroxylation is 1. The molecule has 176 valence electrons. The second-order valence-electron chi connectivity index (χ2n) is 8.60. The molecule has 0 radical (unpaired) electrons. The molecule has 0 amide bonds. The Kier molecular flexibility index (Phi) is 5.85. The monoisotopic (exact) mass is 463 g/mol. The lowest BCUT2D eigenvalue weighted by molar-refractivity contribution is 0.0169. The molecule has 8 heteroatoms. The molecule has 0 fully saturated rings. The molecule has 0 unspecified atom stereocenters. The number of hydrogen-bond acceptors (Lipinski definition) is 4. The Hall–Kier alpha value is -3.81. The van der Waals surface area contributed by atoms with E-state index in [4.69, 9.17) is 4.98 Å². The van der Waals surface area contributed by atoms with Gasteiger partial charge in [-0.05, 0) is 38.5 Å². The maximum Gasteiger partial charge on any atom is 0.271 e. The molecular formula is C26H27F2N5O. The number of aromatic nitrogens is 4. The molecule has 1 aromatic carbocycles. The zero-order chi connectivity index (χ0) is 24.8. The second kappa shape index (κ2) is 8.52. The summed E-state index contributed by atoms with van der Waals surface area (Å²) in [4.78, 5) is 18.2. The molecule has 3 heterocycles. The Morgan fingerprint density at radius 3 is 2.68 bits per heavy atom. The minimum absolute atomic E-state index is 0.200. The van der Waals surface area contributed by atoms with Crippen molar-refractivity contribution in [3.05, 3.63) is 87.6 Å². The van der Waals surface area contributed by atoms with Crippen molar-refractivity contribution in [1.82, 2.24) is 24.5 Å². The van der Waals surface area contributed by atoms with E-state index in [2.05, 4.69) is 17.0 Å². The van der Waals surface area contributed by atoms with Gasteiger partial charge in [-0.3, -0.25) is 13.9 Å². The number of hydrogen-bond donors (Lipinski definition) is 1. The molecule has 0 atom stereocenters. The summed E-state index contributed by atoms with van der Waals surface area (Å²) < 4.78 is 31.6. The molecule has 0 saturated heterocycles. The van der Waals surface area contributed by atoms with Crippen LogP contribution in [0.4, 0.5) is 8.78 Å². The summed E-state index contributed by atoms with van der Waals surface area (Å²) in [6.45, 7) is 10.3. The van der Waals surface area contributed by atoms with Gasteiger partial charge in [0, 0.05) is 66.2 Å². The summed E-state index contributed by atoms with van der Waals surface area (Å²) >= 11 is 0. The van der Waals surface area contributed by atoms with Gasteiger partial charge in [0.2, 0.25) is 0 Å². The van der Waals surface area contributed by atoms with Crippen LogP contribution in [0.15, 0.2) is 65.4 Å². The summed E-state index contributed by atoms with van der Waals surface area (Å²) in [6.07, 6.45) is 4.92. The predicted molar refractivity (Wildman–Crippen MR) is 131 cm³/mol. The van der Waals surface area contributed by atoms with Gasteiger partial charge in [0.25, 0.3) is 11.5 Å². The fourth-order valence-corrected chi connectivity index (χ4v) is 4.09. The molecule has 0 aliphatic carbocycles. The standard InChI is InChI=1S/C26H27F2N5O/c1-7-21(15(2)3)29-12-17-11-18(26(5,27)28)13-33-24(17)30-23(16(4)25(33)34)19-9-8-10-22-20(19)14-32(6)31-22/h7-11,13-14,29H,2,12H2,1,3-6H3/b21-7+. The Labute approximate surface area is 196 Å². The van der Waals surface area contributed by atoms with Crippen LogP contribution in [0.5, 0.6) is 0 Å². The van der Waals surface area contributed by atoms with E-state index in [1.54, 1.807) is 11.6 Å². The molecule has 0 bridgehead atoms. The van der Waals surface area contributed by atoms with Crippen molar-refractivity contribution in [3.8, 4) is 11.3 Å². The molecule has 34 heavy (non-hydrogen) atoms. The first-order valence-electron chi connectivity index (χ1n) is 10.9. The predicted octanol–water partition coefficient (Wildman–Crippen LogP) is 5.24. The number of nitrogens with zero attached hydrogens (tertiary/aromatic N) is 4. The van der Waals surface area contributed by atoms with Gasteiger partial charge in [0.15, 0.2) is 0 Å². The molecule has 4 aromatic rings. The van der Waals surface area contributed by atoms with Crippen LogP contribution in [0.25, 0.3) is 27.8 Å². The van der Waals surface area contributed by atoms with Gasteiger partial charge in [0.1, 0.15) is 5.65 Å². The highest BCUT2D eigenvalue weighted by atomic mass is 19.3.